The third-order valence-corrected chi connectivity index (χ3v) is 4.74. The molecule has 0 N–H and O–H groups in total. The predicted molar refractivity (Wildman–Crippen MR) is 84.2 cm³/mol. The zero-order valence-electron chi connectivity index (χ0n) is 11.5. The van der Waals surface area contributed by atoms with E-state index in [0.29, 0.717) is 14.9 Å². The van der Waals surface area contributed by atoms with Crippen LogP contribution in [0.2, 0.25) is 5.02 Å². The monoisotopic (exact) mass is 343 g/mol. The number of halogens is 3. The van der Waals surface area contributed by atoms with Crippen LogP contribution >= 0.6 is 11.6 Å². The number of benzene rings is 2. The maximum atomic E-state index is 13.7. The van der Waals surface area contributed by atoms with Crippen LogP contribution in [0.25, 0.3) is 6.08 Å². The molecule has 0 atom stereocenters. The highest BCUT2D eigenvalue weighted by atomic mass is 35.5. The summed E-state index contributed by atoms with van der Waals surface area (Å²) in [7, 11) is -2.84. The lowest BCUT2D eigenvalue weighted by atomic mass is 10.2. The SMILES string of the molecule is CN(c1cc(F)ccc1F)S(=O)(=O)C=Cc1ccccc1Cl. The Balaban J connectivity index is 2.34. The summed E-state index contributed by atoms with van der Waals surface area (Å²) < 4.78 is 51.9. The summed E-state index contributed by atoms with van der Waals surface area (Å²) in [5, 5.41) is 1.27. The lowest BCUT2D eigenvalue weighted by Gasteiger charge is -2.17. The summed E-state index contributed by atoms with van der Waals surface area (Å²) in [5.74, 6) is -1.56. The summed E-state index contributed by atoms with van der Waals surface area (Å²) in [6.07, 6.45) is 1.30. The highest BCUT2D eigenvalue weighted by molar-refractivity contribution is 7.95. The zero-order chi connectivity index (χ0) is 16.3. The largest absolute Gasteiger partial charge is 0.267 e. The highest BCUT2D eigenvalue weighted by Crippen LogP contribution is 2.23. The van der Waals surface area contributed by atoms with Gasteiger partial charge in [0.05, 0.1) is 11.1 Å². The molecule has 0 heterocycles. The van der Waals surface area contributed by atoms with Crippen molar-refractivity contribution in [2.24, 2.45) is 0 Å². The molecule has 7 heteroatoms. The first-order chi connectivity index (χ1) is 10.3. The molecule has 2 aromatic carbocycles. The Hall–Kier alpha value is -1.92. The molecule has 116 valence electrons. The van der Waals surface area contributed by atoms with Crippen LogP contribution in [0.15, 0.2) is 47.9 Å². The molecule has 0 spiro atoms. The molecule has 0 saturated carbocycles. The number of anilines is 1. The van der Waals surface area contributed by atoms with Gasteiger partial charge in [0.1, 0.15) is 11.6 Å². The second-order valence-electron chi connectivity index (χ2n) is 4.43. The van der Waals surface area contributed by atoms with Crippen molar-refractivity contribution in [1.82, 2.24) is 0 Å². The number of rotatable bonds is 4. The molecule has 0 aliphatic carbocycles. The first-order valence-electron chi connectivity index (χ1n) is 6.18. The normalized spacial score (nSPS) is 11.8. The van der Waals surface area contributed by atoms with E-state index in [1.807, 2.05) is 0 Å². The van der Waals surface area contributed by atoms with Crippen molar-refractivity contribution in [3.05, 3.63) is 70.1 Å². The quantitative estimate of drug-likeness (QED) is 0.839. The summed E-state index contributed by atoms with van der Waals surface area (Å²) >= 11 is 5.93. The maximum Gasteiger partial charge on any atom is 0.257 e. The minimum atomic E-state index is -3.98. The van der Waals surface area contributed by atoms with Gasteiger partial charge >= 0.3 is 0 Å². The van der Waals surface area contributed by atoms with E-state index in [4.69, 9.17) is 11.6 Å². The maximum absolute atomic E-state index is 13.7. The van der Waals surface area contributed by atoms with Crippen LogP contribution in [-0.4, -0.2) is 15.5 Å². The van der Waals surface area contributed by atoms with E-state index < -0.39 is 21.7 Å². The summed E-state index contributed by atoms with van der Waals surface area (Å²) in [4.78, 5) is 0. The summed E-state index contributed by atoms with van der Waals surface area (Å²) in [6, 6.07) is 9.26. The van der Waals surface area contributed by atoms with Gasteiger partial charge in [-0.2, -0.15) is 0 Å². The van der Waals surface area contributed by atoms with E-state index in [1.165, 1.54) is 6.08 Å². The van der Waals surface area contributed by atoms with Gasteiger partial charge in [-0.1, -0.05) is 29.8 Å². The molecule has 0 saturated heterocycles. The molecule has 2 rings (SSSR count). The molecular weight excluding hydrogens is 332 g/mol. The van der Waals surface area contributed by atoms with Crippen molar-refractivity contribution in [1.29, 1.82) is 0 Å². The Kier molecular flexibility index (Phi) is 4.83. The average molecular weight is 344 g/mol. The van der Waals surface area contributed by atoms with Crippen LogP contribution in [0, 0.1) is 11.6 Å². The van der Waals surface area contributed by atoms with Crippen molar-refractivity contribution in [2.75, 3.05) is 11.4 Å². The van der Waals surface area contributed by atoms with Crippen LogP contribution in [0.4, 0.5) is 14.5 Å². The first-order valence-corrected chi connectivity index (χ1v) is 8.06. The highest BCUT2D eigenvalue weighted by Gasteiger charge is 2.19. The standard InChI is InChI=1S/C15H12ClF2NO2S/c1-19(15-10-12(17)6-7-14(15)18)22(20,21)9-8-11-4-2-3-5-13(11)16/h2-10H,1H3. The third kappa shape index (κ3) is 3.64. The van der Waals surface area contributed by atoms with Crippen LogP contribution in [-0.2, 0) is 10.0 Å². The smallest absolute Gasteiger partial charge is 0.257 e. The number of hydrogen-bond donors (Lipinski definition) is 0. The Bertz CT molecular complexity index is 822. The number of hydrogen-bond acceptors (Lipinski definition) is 2. The van der Waals surface area contributed by atoms with Gasteiger partial charge < -0.3 is 0 Å². The lowest BCUT2D eigenvalue weighted by Crippen LogP contribution is -2.25. The van der Waals surface area contributed by atoms with Gasteiger partial charge in [0.25, 0.3) is 10.0 Å². The first kappa shape index (κ1) is 16.5. The molecular formula is C15H12ClF2NO2S. The van der Waals surface area contributed by atoms with E-state index >= 15 is 0 Å². The van der Waals surface area contributed by atoms with Gasteiger partial charge in [0.15, 0.2) is 0 Å². The molecule has 0 amide bonds. The van der Waals surface area contributed by atoms with Gasteiger partial charge in [0, 0.05) is 18.1 Å². The third-order valence-electron chi connectivity index (χ3n) is 2.95. The zero-order valence-corrected chi connectivity index (χ0v) is 13.1. The molecule has 0 radical (unpaired) electrons. The fraction of sp³-hybridized carbons (Fsp3) is 0.0667. The van der Waals surface area contributed by atoms with Gasteiger partial charge in [-0.05, 0) is 29.8 Å². The number of nitrogens with zero attached hydrogens (tertiary/aromatic N) is 1. The van der Waals surface area contributed by atoms with Crippen LogP contribution in [0.3, 0.4) is 0 Å². The molecule has 2 aromatic rings. The van der Waals surface area contributed by atoms with Gasteiger partial charge in [0.2, 0.25) is 0 Å². The van der Waals surface area contributed by atoms with Crippen LogP contribution in [0.5, 0.6) is 0 Å². The Morgan fingerprint density at radius 2 is 1.82 bits per heavy atom. The minimum Gasteiger partial charge on any atom is -0.267 e. The Morgan fingerprint density at radius 1 is 1.14 bits per heavy atom. The topological polar surface area (TPSA) is 37.4 Å². The summed E-state index contributed by atoms with van der Waals surface area (Å²) in [5.41, 5.74) is 0.129. The second-order valence-corrected chi connectivity index (χ2v) is 6.69. The van der Waals surface area contributed by atoms with Crippen molar-refractivity contribution >= 4 is 33.4 Å². The predicted octanol–water partition coefficient (Wildman–Crippen LogP) is 4.06. The van der Waals surface area contributed by atoms with Gasteiger partial charge in [-0.25, -0.2) is 17.2 Å². The molecule has 0 fully saturated rings. The molecule has 0 aliphatic heterocycles. The molecule has 22 heavy (non-hydrogen) atoms. The van der Waals surface area contributed by atoms with E-state index in [2.05, 4.69) is 0 Å². The average Bonchev–Trinajstić information content (AvgIpc) is 2.48. The fourth-order valence-electron chi connectivity index (χ4n) is 1.73. The van der Waals surface area contributed by atoms with Crippen molar-refractivity contribution in [3.8, 4) is 0 Å². The van der Waals surface area contributed by atoms with Gasteiger partial charge in [-0.15, -0.1) is 0 Å². The molecule has 0 aromatic heterocycles. The van der Waals surface area contributed by atoms with Crippen LogP contribution in [0.1, 0.15) is 5.56 Å². The molecule has 0 aliphatic rings. The fourth-order valence-corrected chi connectivity index (χ4v) is 2.84. The Morgan fingerprint density at radius 3 is 2.50 bits per heavy atom. The lowest BCUT2D eigenvalue weighted by molar-refractivity contribution is 0.590. The Labute approximate surface area is 132 Å². The van der Waals surface area contributed by atoms with Crippen LogP contribution < -0.4 is 4.31 Å². The second kappa shape index (κ2) is 6.46. The van der Waals surface area contributed by atoms with Crippen molar-refractivity contribution < 1.29 is 17.2 Å². The van der Waals surface area contributed by atoms with E-state index in [0.717, 1.165) is 30.7 Å². The molecule has 0 unspecified atom stereocenters. The van der Waals surface area contributed by atoms with E-state index in [1.54, 1.807) is 24.3 Å². The summed E-state index contributed by atoms with van der Waals surface area (Å²) in [6.45, 7) is 0. The molecule has 0 bridgehead atoms. The van der Waals surface area contributed by atoms with E-state index in [9.17, 15) is 17.2 Å². The van der Waals surface area contributed by atoms with Crippen molar-refractivity contribution in [3.63, 3.8) is 0 Å². The van der Waals surface area contributed by atoms with Gasteiger partial charge in [-0.3, -0.25) is 4.31 Å². The van der Waals surface area contributed by atoms with Crippen molar-refractivity contribution in [2.45, 2.75) is 0 Å². The molecule has 3 nitrogen and oxygen atoms in total. The van der Waals surface area contributed by atoms with E-state index in [-0.39, 0.29) is 5.69 Å². The number of sulfonamides is 1. The minimum absolute atomic E-state index is 0.371.